The van der Waals surface area contributed by atoms with Crippen molar-refractivity contribution in [3.05, 3.63) is 33.9 Å². The van der Waals surface area contributed by atoms with Crippen molar-refractivity contribution in [2.45, 2.75) is 13.3 Å². The second-order valence-electron chi connectivity index (χ2n) is 5.57. The van der Waals surface area contributed by atoms with Gasteiger partial charge in [0.1, 0.15) is 11.6 Å². The third kappa shape index (κ3) is 3.34. The molecule has 0 unspecified atom stereocenters. The number of hydrogen-bond donors (Lipinski definition) is 0. The van der Waals surface area contributed by atoms with Gasteiger partial charge in [0.15, 0.2) is 0 Å². The number of anilines is 1. The van der Waals surface area contributed by atoms with Crippen molar-refractivity contribution in [3.63, 3.8) is 0 Å². The summed E-state index contributed by atoms with van der Waals surface area (Å²) in [5.41, 5.74) is 0.651. The number of carbonyl (C=O) groups excluding carboxylic acids is 1. The molecule has 1 fully saturated rings. The Morgan fingerprint density at radius 3 is 2.86 bits per heavy atom. The largest absolute Gasteiger partial charge is 0.374 e. The Morgan fingerprint density at radius 2 is 2.32 bits per heavy atom. The summed E-state index contributed by atoms with van der Waals surface area (Å²) in [6, 6.07) is 6.42. The fourth-order valence-corrected chi connectivity index (χ4v) is 2.77. The van der Waals surface area contributed by atoms with Crippen molar-refractivity contribution in [2.75, 3.05) is 31.6 Å². The second kappa shape index (κ2) is 6.43. The number of rotatable bonds is 4. The number of amides is 1. The highest BCUT2D eigenvalue weighted by molar-refractivity contribution is 5.73. The van der Waals surface area contributed by atoms with Crippen LogP contribution in [0.5, 0.6) is 0 Å². The van der Waals surface area contributed by atoms with E-state index in [2.05, 4.69) is 0 Å². The van der Waals surface area contributed by atoms with Crippen LogP contribution in [0.15, 0.2) is 18.2 Å². The van der Waals surface area contributed by atoms with Crippen LogP contribution in [0.1, 0.15) is 18.9 Å². The molecule has 0 spiro atoms. The highest BCUT2D eigenvalue weighted by Crippen LogP contribution is 2.25. The van der Waals surface area contributed by atoms with Crippen LogP contribution < -0.4 is 4.90 Å². The molecular weight excluding hydrogens is 284 g/mol. The maximum Gasteiger partial charge on any atom is 0.287 e. The lowest BCUT2D eigenvalue weighted by Gasteiger charge is -2.23. The number of nitro groups is 1. The van der Waals surface area contributed by atoms with Gasteiger partial charge in [0.05, 0.1) is 4.92 Å². The summed E-state index contributed by atoms with van der Waals surface area (Å²) in [7, 11) is 1.89. The molecule has 1 amide bonds. The van der Waals surface area contributed by atoms with Crippen molar-refractivity contribution in [3.8, 4) is 6.07 Å². The van der Waals surface area contributed by atoms with Crippen LogP contribution in [-0.2, 0) is 4.79 Å². The molecule has 1 aliphatic heterocycles. The molecule has 7 nitrogen and oxygen atoms in total. The maximum absolute atomic E-state index is 11.3. The summed E-state index contributed by atoms with van der Waals surface area (Å²) in [6.07, 6.45) is 0.946. The van der Waals surface area contributed by atoms with Crippen LogP contribution in [0, 0.1) is 27.4 Å². The van der Waals surface area contributed by atoms with Crippen LogP contribution in [0.3, 0.4) is 0 Å². The molecule has 1 saturated heterocycles. The number of hydrogen-bond acceptors (Lipinski definition) is 5. The number of carbonyl (C=O) groups is 1. The maximum atomic E-state index is 11.3. The minimum absolute atomic E-state index is 0.0612. The molecule has 0 aliphatic carbocycles. The number of nitrogens with zero attached hydrogens (tertiary/aromatic N) is 4. The highest BCUT2D eigenvalue weighted by atomic mass is 16.6. The standard InChI is InChI=1S/C15H18N4O3/c1-11(20)18-6-5-12(10-18)9-17(2)14-3-4-15(19(21)22)13(7-14)8-16/h3-4,7,12H,5-6,9-10H2,1-2H3/t12-/m0/s1. The molecule has 1 aliphatic rings. The van der Waals surface area contributed by atoms with Crippen LogP contribution in [0.25, 0.3) is 0 Å². The first-order valence-electron chi connectivity index (χ1n) is 7.07. The van der Waals surface area contributed by atoms with Crippen molar-refractivity contribution < 1.29 is 9.72 Å². The molecule has 116 valence electrons. The zero-order chi connectivity index (χ0) is 16.3. The van der Waals surface area contributed by atoms with Crippen molar-refractivity contribution in [2.24, 2.45) is 5.92 Å². The van der Waals surface area contributed by atoms with Gasteiger partial charge in [0, 0.05) is 45.4 Å². The normalized spacial score (nSPS) is 17.1. The average Bonchev–Trinajstić information content (AvgIpc) is 2.95. The van der Waals surface area contributed by atoms with E-state index in [9.17, 15) is 14.9 Å². The van der Waals surface area contributed by atoms with Crippen molar-refractivity contribution in [1.29, 1.82) is 5.26 Å². The van der Waals surface area contributed by atoms with Crippen LogP contribution in [0.2, 0.25) is 0 Å². The van der Waals surface area contributed by atoms with Crippen LogP contribution in [-0.4, -0.2) is 42.4 Å². The Bertz CT molecular complexity index is 638. The van der Waals surface area contributed by atoms with Gasteiger partial charge in [-0.05, 0) is 24.5 Å². The van der Waals surface area contributed by atoms with E-state index in [1.54, 1.807) is 13.0 Å². The Labute approximate surface area is 128 Å². The summed E-state index contributed by atoms with van der Waals surface area (Å²) < 4.78 is 0. The zero-order valence-electron chi connectivity index (χ0n) is 12.7. The third-order valence-corrected chi connectivity index (χ3v) is 4.00. The van der Waals surface area contributed by atoms with Crippen LogP contribution >= 0.6 is 0 Å². The van der Waals surface area contributed by atoms with Gasteiger partial charge in [-0.2, -0.15) is 5.26 Å². The van der Waals surface area contributed by atoms with E-state index >= 15 is 0 Å². The minimum atomic E-state index is -0.552. The van der Waals surface area contributed by atoms with Gasteiger partial charge < -0.3 is 9.80 Å². The molecule has 1 heterocycles. The number of likely N-dealkylation sites (tertiary alicyclic amines) is 1. The molecule has 1 aromatic carbocycles. The van der Waals surface area contributed by atoms with Gasteiger partial charge in [-0.1, -0.05) is 0 Å². The Hall–Kier alpha value is -2.62. The predicted octanol–water partition coefficient (Wildman–Crippen LogP) is 1.77. The molecule has 0 saturated carbocycles. The van der Waals surface area contributed by atoms with E-state index in [-0.39, 0.29) is 17.2 Å². The SMILES string of the molecule is CC(=O)N1CC[C@@H](CN(C)c2ccc([N+](=O)[O-])c(C#N)c2)C1. The van der Waals surface area contributed by atoms with E-state index in [4.69, 9.17) is 5.26 Å². The Morgan fingerprint density at radius 1 is 1.59 bits per heavy atom. The third-order valence-electron chi connectivity index (χ3n) is 4.00. The lowest BCUT2D eigenvalue weighted by molar-refractivity contribution is -0.385. The fourth-order valence-electron chi connectivity index (χ4n) is 2.77. The molecule has 0 N–H and O–H groups in total. The van der Waals surface area contributed by atoms with Crippen molar-refractivity contribution >= 4 is 17.3 Å². The summed E-state index contributed by atoms with van der Waals surface area (Å²) in [5, 5.41) is 19.9. The summed E-state index contributed by atoms with van der Waals surface area (Å²) in [6.45, 7) is 3.82. The smallest absolute Gasteiger partial charge is 0.287 e. The molecule has 1 aromatic rings. The molecule has 0 radical (unpaired) electrons. The van der Waals surface area contributed by atoms with Crippen LogP contribution in [0.4, 0.5) is 11.4 Å². The van der Waals surface area contributed by atoms with Gasteiger partial charge in [0.2, 0.25) is 5.91 Å². The van der Waals surface area contributed by atoms with Gasteiger partial charge in [-0.3, -0.25) is 14.9 Å². The number of nitriles is 1. The molecular formula is C15H18N4O3. The van der Waals surface area contributed by atoms with E-state index in [0.29, 0.717) is 5.92 Å². The summed E-state index contributed by atoms with van der Waals surface area (Å²) >= 11 is 0. The first-order chi connectivity index (χ1) is 10.4. The monoisotopic (exact) mass is 302 g/mol. The minimum Gasteiger partial charge on any atom is -0.374 e. The number of benzene rings is 1. The second-order valence-corrected chi connectivity index (χ2v) is 5.57. The summed E-state index contributed by atoms with van der Waals surface area (Å²) in [4.78, 5) is 25.4. The van der Waals surface area contributed by atoms with E-state index in [1.807, 2.05) is 22.9 Å². The first-order valence-corrected chi connectivity index (χ1v) is 7.07. The number of nitro benzene ring substituents is 1. The lowest BCUT2D eigenvalue weighted by atomic mass is 10.1. The fraction of sp³-hybridized carbons (Fsp3) is 0.467. The molecule has 22 heavy (non-hydrogen) atoms. The Kier molecular flexibility index (Phi) is 4.61. The zero-order valence-corrected chi connectivity index (χ0v) is 12.7. The van der Waals surface area contributed by atoms with Gasteiger partial charge in [-0.15, -0.1) is 0 Å². The predicted molar refractivity (Wildman–Crippen MR) is 81.4 cm³/mol. The van der Waals surface area contributed by atoms with E-state index in [1.165, 1.54) is 12.1 Å². The molecule has 0 aromatic heterocycles. The van der Waals surface area contributed by atoms with Crippen molar-refractivity contribution in [1.82, 2.24) is 4.90 Å². The Balaban J connectivity index is 2.07. The molecule has 7 heteroatoms. The topological polar surface area (TPSA) is 90.5 Å². The highest BCUT2D eigenvalue weighted by Gasteiger charge is 2.25. The van der Waals surface area contributed by atoms with Gasteiger partial charge in [0.25, 0.3) is 5.69 Å². The van der Waals surface area contributed by atoms with Gasteiger partial charge in [-0.25, -0.2) is 0 Å². The average molecular weight is 302 g/mol. The molecule has 0 bridgehead atoms. The molecule has 2 rings (SSSR count). The van der Waals surface area contributed by atoms with E-state index < -0.39 is 4.92 Å². The van der Waals surface area contributed by atoms with Gasteiger partial charge >= 0.3 is 0 Å². The quantitative estimate of drug-likeness (QED) is 0.624. The lowest BCUT2D eigenvalue weighted by Crippen LogP contribution is -2.30. The van der Waals surface area contributed by atoms with E-state index in [0.717, 1.165) is 31.7 Å². The molecule has 1 atom stereocenters. The summed E-state index contributed by atoms with van der Waals surface area (Å²) in [5.74, 6) is 0.460. The first kappa shape index (κ1) is 15.8.